The Morgan fingerprint density at radius 1 is 1.38 bits per heavy atom. The van der Waals surface area contributed by atoms with Crippen LogP contribution in [-0.2, 0) is 0 Å². The van der Waals surface area contributed by atoms with Gasteiger partial charge in [-0.15, -0.1) is 0 Å². The third-order valence-electron chi connectivity index (χ3n) is 3.67. The molecular weight excluding hydrogens is 162 g/mol. The minimum absolute atomic E-state index is 0.261. The van der Waals surface area contributed by atoms with Crippen molar-refractivity contribution in [1.82, 2.24) is 4.90 Å². The van der Waals surface area contributed by atoms with Crippen LogP contribution in [0, 0.1) is 5.92 Å². The molecule has 0 amide bonds. The van der Waals surface area contributed by atoms with Gasteiger partial charge >= 0.3 is 0 Å². The standard InChI is InChI=1S/C11H21NO/c1-12-7-2-4-10(9-12)8-11(13)5-3-6-11/h10,13H,2-9H2,1H3. The number of hydrogen-bond donors (Lipinski definition) is 1. The summed E-state index contributed by atoms with van der Waals surface area (Å²) >= 11 is 0. The summed E-state index contributed by atoms with van der Waals surface area (Å²) in [5, 5.41) is 10.0. The zero-order chi connectivity index (χ0) is 9.31. The first-order chi connectivity index (χ1) is 6.18. The van der Waals surface area contributed by atoms with Crippen LogP contribution >= 0.6 is 0 Å². The highest BCUT2D eigenvalue weighted by atomic mass is 16.3. The van der Waals surface area contributed by atoms with Crippen LogP contribution in [-0.4, -0.2) is 35.7 Å². The van der Waals surface area contributed by atoms with E-state index >= 15 is 0 Å². The van der Waals surface area contributed by atoms with Crippen molar-refractivity contribution in [2.75, 3.05) is 20.1 Å². The van der Waals surface area contributed by atoms with Gasteiger partial charge in [0.25, 0.3) is 0 Å². The van der Waals surface area contributed by atoms with Crippen molar-refractivity contribution in [2.45, 2.75) is 44.1 Å². The predicted octanol–water partition coefficient (Wildman–Crippen LogP) is 1.63. The van der Waals surface area contributed by atoms with E-state index in [1.165, 1.54) is 32.4 Å². The Labute approximate surface area is 80.9 Å². The largest absolute Gasteiger partial charge is 0.390 e. The molecule has 76 valence electrons. The summed E-state index contributed by atoms with van der Waals surface area (Å²) in [7, 11) is 2.19. The van der Waals surface area contributed by atoms with Crippen LogP contribution in [0.1, 0.15) is 38.5 Å². The fraction of sp³-hybridized carbons (Fsp3) is 1.00. The molecule has 2 heteroatoms. The van der Waals surface area contributed by atoms with Gasteiger partial charge < -0.3 is 10.0 Å². The van der Waals surface area contributed by atoms with Crippen molar-refractivity contribution in [3.05, 3.63) is 0 Å². The number of piperidine rings is 1. The molecule has 1 unspecified atom stereocenters. The summed E-state index contributed by atoms with van der Waals surface area (Å²) in [5.74, 6) is 0.754. The number of hydrogen-bond acceptors (Lipinski definition) is 2. The molecule has 2 fully saturated rings. The van der Waals surface area contributed by atoms with Gasteiger partial charge in [0.05, 0.1) is 5.60 Å². The SMILES string of the molecule is CN1CCCC(CC2(O)CCC2)C1. The predicted molar refractivity (Wildman–Crippen MR) is 53.6 cm³/mol. The zero-order valence-electron chi connectivity index (χ0n) is 8.63. The molecule has 0 bridgehead atoms. The van der Waals surface area contributed by atoms with Gasteiger partial charge in [0.1, 0.15) is 0 Å². The van der Waals surface area contributed by atoms with Crippen molar-refractivity contribution in [1.29, 1.82) is 0 Å². The Hall–Kier alpha value is -0.0800. The molecular formula is C11H21NO. The Morgan fingerprint density at radius 3 is 2.69 bits per heavy atom. The van der Waals surface area contributed by atoms with Gasteiger partial charge in [-0.2, -0.15) is 0 Å². The average molecular weight is 183 g/mol. The Kier molecular flexibility index (Phi) is 2.61. The van der Waals surface area contributed by atoms with Gasteiger partial charge in [-0.3, -0.25) is 0 Å². The van der Waals surface area contributed by atoms with Gasteiger partial charge in [0.2, 0.25) is 0 Å². The second kappa shape index (κ2) is 3.58. The summed E-state index contributed by atoms with van der Waals surface area (Å²) in [6.07, 6.45) is 7.03. The van der Waals surface area contributed by atoms with Crippen molar-refractivity contribution in [3.8, 4) is 0 Å². The van der Waals surface area contributed by atoms with E-state index in [9.17, 15) is 5.11 Å². The van der Waals surface area contributed by atoms with Crippen LogP contribution in [0.3, 0.4) is 0 Å². The third-order valence-corrected chi connectivity index (χ3v) is 3.67. The number of likely N-dealkylation sites (tertiary alicyclic amines) is 1. The Morgan fingerprint density at radius 2 is 2.15 bits per heavy atom. The Bertz CT molecular complexity index is 177. The van der Waals surface area contributed by atoms with E-state index in [4.69, 9.17) is 0 Å². The average Bonchev–Trinajstić information content (AvgIpc) is 2.01. The van der Waals surface area contributed by atoms with Crippen molar-refractivity contribution in [2.24, 2.45) is 5.92 Å². The zero-order valence-corrected chi connectivity index (χ0v) is 8.63. The molecule has 2 rings (SSSR count). The molecule has 1 saturated heterocycles. The minimum Gasteiger partial charge on any atom is -0.390 e. The summed E-state index contributed by atoms with van der Waals surface area (Å²) < 4.78 is 0. The summed E-state index contributed by atoms with van der Waals surface area (Å²) in [6, 6.07) is 0. The maximum absolute atomic E-state index is 10.0. The first-order valence-corrected chi connectivity index (χ1v) is 5.59. The lowest BCUT2D eigenvalue weighted by atomic mass is 9.73. The number of nitrogens with zero attached hydrogens (tertiary/aromatic N) is 1. The molecule has 2 aliphatic rings. The van der Waals surface area contributed by atoms with Crippen LogP contribution in [0.5, 0.6) is 0 Å². The maximum atomic E-state index is 10.0. The normalized spacial score (nSPS) is 34.2. The van der Waals surface area contributed by atoms with Crippen LogP contribution in [0.25, 0.3) is 0 Å². The van der Waals surface area contributed by atoms with Crippen LogP contribution < -0.4 is 0 Å². The summed E-state index contributed by atoms with van der Waals surface area (Å²) in [4.78, 5) is 2.40. The molecule has 1 heterocycles. The minimum atomic E-state index is -0.261. The van der Waals surface area contributed by atoms with Crippen molar-refractivity contribution in [3.63, 3.8) is 0 Å². The first-order valence-electron chi connectivity index (χ1n) is 5.59. The second-order valence-corrected chi connectivity index (χ2v) is 5.05. The smallest absolute Gasteiger partial charge is 0.0651 e. The lowest BCUT2D eigenvalue weighted by Gasteiger charge is -2.41. The van der Waals surface area contributed by atoms with E-state index in [2.05, 4.69) is 11.9 Å². The van der Waals surface area contributed by atoms with Gasteiger partial charge in [-0.1, -0.05) is 0 Å². The van der Waals surface area contributed by atoms with E-state index in [0.29, 0.717) is 0 Å². The molecule has 0 radical (unpaired) electrons. The quantitative estimate of drug-likeness (QED) is 0.703. The van der Waals surface area contributed by atoms with Gasteiger partial charge in [-0.25, -0.2) is 0 Å². The molecule has 1 aliphatic carbocycles. The molecule has 1 N–H and O–H groups in total. The van der Waals surface area contributed by atoms with E-state index in [-0.39, 0.29) is 5.60 Å². The lowest BCUT2D eigenvalue weighted by Crippen LogP contribution is -2.42. The fourth-order valence-corrected chi connectivity index (χ4v) is 2.77. The van der Waals surface area contributed by atoms with E-state index in [0.717, 1.165) is 25.2 Å². The monoisotopic (exact) mass is 183 g/mol. The van der Waals surface area contributed by atoms with Crippen LogP contribution in [0.15, 0.2) is 0 Å². The van der Waals surface area contributed by atoms with Gasteiger partial charge in [-0.05, 0) is 58.0 Å². The Balaban J connectivity index is 1.80. The maximum Gasteiger partial charge on any atom is 0.0651 e. The molecule has 13 heavy (non-hydrogen) atoms. The number of aliphatic hydroxyl groups is 1. The van der Waals surface area contributed by atoms with Crippen molar-refractivity contribution < 1.29 is 5.11 Å². The molecule has 0 aromatic heterocycles. The van der Waals surface area contributed by atoms with Crippen LogP contribution in [0.4, 0.5) is 0 Å². The van der Waals surface area contributed by atoms with E-state index < -0.39 is 0 Å². The van der Waals surface area contributed by atoms with Crippen LogP contribution in [0.2, 0.25) is 0 Å². The highest BCUT2D eigenvalue weighted by Crippen LogP contribution is 2.38. The molecule has 2 nitrogen and oxygen atoms in total. The third kappa shape index (κ3) is 2.23. The van der Waals surface area contributed by atoms with Gasteiger partial charge in [0.15, 0.2) is 0 Å². The first kappa shape index (κ1) is 9.47. The van der Waals surface area contributed by atoms with Gasteiger partial charge in [0, 0.05) is 6.54 Å². The number of rotatable bonds is 2. The molecule has 0 aromatic carbocycles. The molecule has 1 atom stereocenters. The molecule has 1 saturated carbocycles. The topological polar surface area (TPSA) is 23.5 Å². The molecule has 0 aromatic rings. The van der Waals surface area contributed by atoms with E-state index in [1.807, 2.05) is 0 Å². The lowest BCUT2D eigenvalue weighted by molar-refractivity contribution is -0.0587. The summed E-state index contributed by atoms with van der Waals surface area (Å²) in [5.41, 5.74) is -0.261. The molecule has 0 spiro atoms. The fourth-order valence-electron chi connectivity index (χ4n) is 2.77. The summed E-state index contributed by atoms with van der Waals surface area (Å²) in [6.45, 7) is 2.44. The van der Waals surface area contributed by atoms with Crippen molar-refractivity contribution >= 4 is 0 Å². The second-order valence-electron chi connectivity index (χ2n) is 5.05. The highest BCUT2D eigenvalue weighted by molar-refractivity contribution is 4.90. The molecule has 1 aliphatic heterocycles. The van der Waals surface area contributed by atoms with E-state index in [1.54, 1.807) is 0 Å². The highest BCUT2D eigenvalue weighted by Gasteiger charge is 2.37.